The quantitative estimate of drug-likeness (QED) is 0.698. The Morgan fingerprint density at radius 1 is 1.35 bits per heavy atom. The largest absolute Gasteiger partial charge is 0.299 e. The van der Waals surface area contributed by atoms with Gasteiger partial charge in [-0.15, -0.1) is 0 Å². The Morgan fingerprint density at radius 2 is 2.00 bits per heavy atom. The van der Waals surface area contributed by atoms with Crippen molar-refractivity contribution >= 4 is 11.6 Å². The SMILES string of the molecule is CC1=CC[C@@]2(CC1=O)C(C(C)C)C(=O)C[C@@H]2C. The lowest BCUT2D eigenvalue weighted by Crippen LogP contribution is -2.39. The van der Waals surface area contributed by atoms with Gasteiger partial charge < -0.3 is 0 Å². The van der Waals surface area contributed by atoms with E-state index in [0.717, 1.165) is 12.0 Å². The highest BCUT2D eigenvalue weighted by Crippen LogP contribution is 2.55. The van der Waals surface area contributed by atoms with Gasteiger partial charge >= 0.3 is 0 Å². The molecule has 2 nitrogen and oxygen atoms in total. The van der Waals surface area contributed by atoms with E-state index in [2.05, 4.69) is 26.8 Å². The van der Waals surface area contributed by atoms with E-state index in [9.17, 15) is 9.59 Å². The molecule has 2 heteroatoms. The third kappa shape index (κ3) is 1.78. The summed E-state index contributed by atoms with van der Waals surface area (Å²) in [7, 11) is 0. The smallest absolute Gasteiger partial charge is 0.158 e. The first-order chi connectivity index (χ1) is 7.88. The minimum absolute atomic E-state index is 0.0748. The molecule has 0 aromatic carbocycles. The van der Waals surface area contributed by atoms with Gasteiger partial charge in [-0.1, -0.05) is 26.8 Å². The van der Waals surface area contributed by atoms with Gasteiger partial charge in [-0.2, -0.15) is 0 Å². The molecule has 17 heavy (non-hydrogen) atoms. The second-order valence-corrected chi connectivity index (χ2v) is 6.22. The molecule has 0 bridgehead atoms. The van der Waals surface area contributed by atoms with Crippen molar-refractivity contribution in [1.29, 1.82) is 0 Å². The molecule has 2 aliphatic carbocycles. The topological polar surface area (TPSA) is 34.1 Å². The summed E-state index contributed by atoms with van der Waals surface area (Å²) in [6.07, 6.45) is 4.19. The van der Waals surface area contributed by atoms with E-state index in [-0.39, 0.29) is 17.1 Å². The summed E-state index contributed by atoms with van der Waals surface area (Å²) in [5.74, 6) is 1.37. The van der Waals surface area contributed by atoms with Gasteiger partial charge in [-0.3, -0.25) is 9.59 Å². The van der Waals surface area contributed by atoms with Crippen LogP contribution in [-0.2, 0) is 9.59 Å². The highest BCUT2D eigenvalue weighted by atomic mass is 16.1. The summed E-state index contributed by atoms with van der Waals surface area (Å²) in [6.45, 7) is 8.25. The van der Waals surface area contributed by atoms with Crippen molar-refractivity contribution in [3.8, 4) is 0 Å². The van der Waals surface area contributed by atoms with Crippen LogP contribution in [0, 0.1) is 23.2 Å². The third-order valence-corrected chi connectivity index (χ3v) is 4.84. The van der Waals surface area contributed by atoms with Crippen molar-refractivity contribution < 1.29 is 9.59 Å². The van der Waals surface area contributed by atoms with E-state index in [1.165, 1.54) is 0 Å². The van der Waals surface area contributed by atoms with Gasteiger partial charge in [-0.05, 0) is 36.2 Å². The highest BCUT2D eigenvalue weighted by molar-refractivity contribution is 5.97. The molecule has 0 saturated heterocycles. The van der Waals surface area contributed by atoms with E-state index in [1.807, 2.05) is 6.92 Å². The number of carbonyl (C=O) groups is 2. The fourth-order valence-electron chi connectivity index (χ4n) is 3.87. The molecular weight excluding hydrogens is 212 g/mol. The number of hydrogen-bond acceptors (Lipinski definition) is 2. The Labute approximate surface area is 103 Å². The second-order valence-electron chi connectivity index (χ2n) is 6.22. The Balaban J connectivity index is 2.41. The number of Topliss-reactive ketones (excluding diaryl/α,β-unsaturated/α-hetero) is 2. The lowest BCUT2D eigenvalue weighted by molar-refractivity contribution is -0.126. The molecule has 1 fully saturated rings. The van der Waals surface area contributed by atoms with Gasteiger partial charge in [0, 0.05) is 18.8 Å². The summed E-state index contributed by atoms with van der Waals surface area (Å²) in [4.78, 5) is 24.2. The average molecular weight is 234 g/mol. The van der Waals surface area contributed by atoms with Crippen molar-refractivity contribution in [2.24, 2.45) is 23.2 Å². The summed E-state index contributed by atoms with van der Waals surface area (Å²) in [5, 5.41) is 0. The second kappa shape index (κ2) is 4.08. The Kier molecular flexibility index (Phi) is 3.01. The van der Waals surface area contributed by atoms with E-state index in [0.29, 0.717) is 30.5 Å². The average Bonchev–Trinajstić information content (AvgIpc) is 2.45. The van der Waals surface area contributed by atoms with Gasteiger partial charge in [0.05, 0.1) is 0 Å². The molecule has 94 valence electrons. The van der Waals surface area contributed by atoms with E-state index < -0.39 is 0 Å². The minimum Gasteiger partial charge on any atom is -0.299 e. The monoisotopic (exact) mass is 234 g/mol. The van der Waals surface area contributed by atoms with Crippen LogP contribution in [-0.4, -0.2) is 11.6 Å². The number of rotatable bonds is 1. The number of carbonyl (C=O) groups excluding carboxylic acids is 2. The molecule has 1 spiro atoms. The first-order valence-corrected chi connectivity index (χ1v) is 6.61. The molecule has 0 amide bonds. The third-order valence-electron chi connectivity index (χ3n) is 4.84. The van der Waals surface area contributed by atoms with E-state index in [4.69, 9.17) is 0 Å². The number of hydrogen-bond donors (Lipinski definition) is 0. The van der Waals surface area contributed by atoms with Crippen molar-refractivity contribution in [3.63, 3.8) is 0 Å². The molecular formula is C15H22O2. The molecule has 3 atom stereocenters. The van der Waals surface area contributed by atoms with Crippen LogP contribution in [0.4, 0.5) is 0 Å². The van der Waals surface area contributed by atoms with Gasteiger partial charge in [0.15, 0.2) is 5.78 Å². The molecule has 2 aliphatic rings. The van der Waals surface area contributed by atoms with Crippen LogP contribution in [0.1, 0.15) is 47.0 Å². The highest BCUT2D eigenvalue weighted by Gasteiger charge is 2.54. The number of allylic oxidation sites excluding steroid dienone is 2. The predicted octanol–water partition coefficient (Wildman–Crippen LogP) is 3.16. The Hall–Kier alpha value is -0.920. The normalized spacial score (nSPS) is 38.1. The maximum Gasteiger partial charge on any atom is 0.158 e. The van der Waals surface area contributed by atoms with Crippen molar-refractivity contribution in [2.45, 2.75) is 47.0 Å². The number of ketones is 2. The lowest BCUT2D eigenvalue weighted by Gasteiger charge is -2.41. The zero-order chi connectivity index (χ0) is 12.8. The zero-order valence-corrected chi connectivity index (χ0v) is 11.2. The molecule has 0 radical (unpaired) electrons. The molecule has 0 aliphatic heterocycles. The summed E-state index contributed by atoms with van der Waals surface area (Å²) in [6, 6.07) is 0. The lowest BCUT2D eigenvalue weighted by atomic mass is 9.61. The molecule has 0 heterocycles. The van der Waals surface area contributed by atoms with Crippen LogP contribution >= 0.6 is 0 Å². The van der Waals surface area contributed by atoms with Gasteiger partial charge in [0.2, 0.25) is 0 Å². The van der Waals surface area contributed by atoms with Crippen molar-refractivity contribution in [3.05, 3.63) is 11.6 Å². The fraction of sp³-hybridized carbons (Fsp3) is 0.733. The molecule has 1 saturated carbocycles. The van der Waals surface area contributed by atoms with Crippen LogP contribution in [0.3, 0.4) is 0 Å². The van der Waals surface area contributed by atoms with Crippen LogP contribution in [0.25, 0.3) is 0 Å². The van der Waals surface area contributed by atoms with E-state index >= 15 is 0 Å². The van der Waals surface area contributed by atoms with Crippen LogP contribution in [0.2, 0.25) is 0 Å². The zero-order valence-electron chi connectivity index (χ0n) is 11.2. The van der Waals surface area contributed by atoms with Gasteiger partial charge in [-0.25, -0.2) is 0 Å². The molecule has 0 aromatic heterocycles. The van der Waals surface area contributed by atoms with Crippen LogP contribution in [0.5, 0.6) is 0 Å². The Morgan fingerprint density at radius 3 is 2.53 bits per heavy atom. The fourth-order valence-corrected chi connectivity index (χ4v) is 3.87. The van der Waals surface area contributed by atoms with Crippen molar-refractivity contribution in [2.75, 3.05) is 0 Å². The minimum atomic E-state index is -0.0815. The molecule has 0 aromatic rings. The van der Waals surface area contributed by atoms with Crippen molar-refractivity contribution in [1.82, 2.24) is 0 Å². The predicted molar refractivity (Wildman–Crippen MR) is 67.5 cm³/mol. The maximum absolute atomic E-state index is 12.2. The maximum atomic E-state index is 12.2. The summed E-state index contributed by atoms with van der Waals surface area (Å²) in [5.41, 5.74) is 0.798. The Bertz CT molecular complexity index is 392. The summed E-state index contributed by atoms with van der Waals surface area (Å²) >= 11 is 0. The van der Waals surface area contributed by atoms with E-state index in [1.54, 1.807) is 0 Å². The molecule has 1 unspecified atom stereocenters. The van der Waals surface area contributed by atoms with Crippen LogP contribution in [0.15, 0.2) is 11.6 Å². The standard InChI is InChI=1S/C15H22O2/c1-9(2)14-12(16)7-11(4)15(14)6-5-10(3)13(17)8-15/h5,9,11,14H,6-8H2,1-4H3/t11-,14?,15-/m0/s1. The first kappa shape index (κ1) is 12.5. The molecule has 0 N–H and O–H groups in total. The molecule has 2 rings (SSSR count). The van der Waals surface area contributed by atoms with Crippen LogP contribution < -0.4 is 0 Å². The summed E-state index contributed by atoms with van der Waals surface area (Å²) < 4.78 is 0. The first-order valence-electron chi connectivity index (χ1n) is 6.61. The van der Waals surface area contributed by atoms with Gasteiger partial charge in [0.25, 0.3) is 0 Å². The van der Waals surface area contributed by atoms with Gasteiger partial charge in [0.1, 0.15) is 5.78 Å².